The average molecular weight is 377 g/mol. The van der Waals surface area contributed by atoms with Crippen LogP contribution in [0.5, 0.6) is 5.75 Å². The number of aliphatic carboxylic acids is 1. The largest absolute Gasteiger partial charge is 0.483 e. The van der Waals surface area contributed by atoms with Crippen molar-refractivity contribution in [2.75, 3.05) is 19.7 Å². The molecule has 21 heavy (non-hydrogen) atoms. The first kappa shape index (κ1) is 16.1. The zero-order valence-corrected chi connectivity index (χ0v) is 13.6. The van der Waals surface area contributed by atoms with E-state index in [0.717, 1.165) is 0 Å². The second kappa shape index (κ2) is 7.13. The molecule has 5 nitrogen and oxygen atoms in total. The maximum atomic E-state index is 12.1. The van der Waals surface area contributed by atoms with Gasteiger partial charge >= 0.3 is 5.97 Å². The summed E-state index contributed by atoms with van der Waals surface area (Å²) in [7, 11) is 0. The van der Waals surface area contributed by atoms with Crippen LogP contribution in [0.2, 0.25) is 5.02 Å². The SMILES string of the molecule is O=C(O)[C@@H]1CCCN(C(=O)COc2ccc(Cl)cc2Br)C1. The van der Waals surface area contributed by atoms with E-state index < -0.39 is 11.9 Å². The van der Waals surface area contributed by atoms with Crippen LogP contribution in [-0.4, -0.2) is 41.6 Å². The molecule has 0 aromatic heterocycles. The van der Waals surface area contributed by atoms with Gasteiger partial charge in [0, 0.05) is 18.1 Å². The van der Waals surface area contributed by atoms with Gasteiger partial charge in [-0.3, -0.25) is 9.59 Å². The van der Waals surface area contributed by atoms with E-state index in [1.165, 1.54) is 0 Å². The molecule has 1 saturated heterocycles. The summed E-state index contributed by atoms with van der Waals surface area (Å²) in [5.74, 6) is -1.01. The number of hydrogen-bond acceptors (Lipinski definition) is 3. The highest BCUT2D eigenvalue weighted by Gasteiger charge is 2.28. The normalized spacial score (nSPS) is 18.4. The van der Waals surface area contributed by atoms with Crippen molar-refractivity contribution >= 4 is 39.4 Å². The molecule has 1 amide bonds. The van der Waals surface area contributed by atoms with E-state index in [9.17, 15) is 9.59 Å². The van der Waals surface area contributed by atoms with Gasteiger partial charge in [0.1, 0.15) is 5.75 Å². The molecule has 1 aliphatic rings. The van der Waals surface area contributed by atoms with Gasteiger partial charge in [-0.1, -0.05) is 11.6 Å². The quantitative estimate of drug-likeness (QED) is 0.877. The summed E-state index contributed by atoms with van der Waals surface area (Å²) >= 11 is 9.14. The predicted molar refractivity (Wildman–Crippen MR) is 81.6 cm³/mol. The zero-order chi connectivity index (χ0) is 15.4. The van der Waals surface area contributed by atoms with Gasteiger partial charge in [0.15, 0.2) is 6.61 Å². The third-order valence-corrected chi connectivity index (χ3v) is 4.22. The molecule has 114 valence electrons. The average Bonchev–Trinajstić information content (AvgIpc) is 2.46. The number of benzene rings is 1. The van der Waals surface area contributed by atoms with Crippen LogP contribution in [0.4, 0.5) is 0 Å². The van der Waals surface area contributed by atoms with Gasteiger partial charge < -0.3 is 14.7 Å². The monoisotopic (exact) mass is 375 g/mol. The topological polar surface area (TPSA) is 66.8 Å². The molecule has 1 N–H and O–H groups in total. The summed E-state index contributed by atoms with van der Waals surface area (Å²) < 4.78 is 6.13. The highest BCUT2D eigenvalue weighted by atomic mass is 79.9. The maximum Gasteiger partial charge on any atom is 0.308 e. The minimum Gasteiger partial charge on any atom is -0.483 e. The van der Waals surface area contributed by atoms with Crippen molar-refractivity contribution in [2.45, 2.75) is 12.8 Å². The first-order valence-electron chi connectivity index (χ1n) is 6.56. The minimum absolute atomic E-state index is 0.118. The molecule has 1 aromatic rings. The Balaban J connectivity index is 1.90. The molecule has 0 bridgehead atoms. The number of carbonyl (C=O) groups excluding carboxylic acids is 1. The summed E-state index contributed by atoms with van der Waals surface area (Å²) in [6.07, 6.45) is 1.32. The molecule has 0 radical (unpaired) electrons. The number of hydrogen-bond donors (Lipinski definition) is 1. The lowest BCUT2D eigenvalue weighted by Crippen LogP contribution is -2.44. The summed E-state index contributed by atoms with van der Waals surface area (Å²) in [5.41, 5.74) is 0. The number of piperidine rings is 1. The first-order valence-corrected chi connectivity index (χ1v) is 7.73. The van der Waals surface area contributed by atoms with E-state index in [0.29, 0.717) is 34.6 Å². The van der Waals surface area contributed by atoms with Gasteiger partial charge in [-0.2, -0.15) is 0 Å². The molecular formula is C14H15BrClNO4. The van der Waals surface area contributed by atoms with Crippen LogP contribution in [0.15, 0.2) is 22.7 Å². The second-order valence-electron chi connectivity index (χ2n) is 4.88. The number of ether oxygens (including phenoxy) is 1. The predicted octanol–water partition coefficient (Wildman–Crippen LogP) is 2.80. The highest BCUT2D eigenvalue weighted by Crippen LogP contribution is 2.28. The Bertz CT molecular complexity index is 552. The van der Waals surface area contributed by atoms with Crippen molar-refractivity contribution in [3.63, 3.8) is 0 Å². The number of nitrogens with zero attached hydrogens (tertiary/aromatic N) is 1. The molecule has 1 aliphatic heterocycles. The van der Waals surface area contributed by atoms with Crippen LogP contribution in [0.3, 0.4) is 0 Å². The summed E-state index contributed by atoms with van der Waals surface area (Å²) in [5, 5.41) is 9.59. The Hall–Kier alpha value is -1.27. The van der Waals surface area contributed by atoms with Crippen LogP contribution in [0.25, 0.3) is 0 Å². The molecule has 0 spiro atoms. The summed E-state index contributed by atoms with van der Waals surface area (Å²) in [6, 6.07) is 5.03. The van der Waals surface area contributed by atoms with Gasteiger partial charge in [-0.25, -0.2) is 0 Å². The first-order chi connectivity index (χ1) is 9.97. The Morgan fingerprint density at radius 1 is 1.48 bits per heavy atom. The lowest BCUT2D eigenvalue weighted by atomic mass is 9.98. The van der Waals surface area contributed by atoms with E-state index in [-0.39, 0.29) is 19.1 Å². The van der Waals surface area contributed by atoms with E-state index in [1.54, 1.807) is 23.1 Å². The number of carboxylic acid groups (broad SMARTS) is 1. The van der Waals surface area contributed by atoms with Gasteiger partial charge in [-0.05, 0) is 47.0 Å². The summed E-state index contributed by atoms with van der Waals surface area (Å²) in [6.45, 7) is 0.708. The Kier molecular flexibility index (Phi) is 5.47. The number of amides is 1. The van der Waals surface area contributed by atoms with Gasteiger partial charge in [0.25, 0.3) is 5.91 Å². The van der Waals surface area contributed by atoms with Gasteiger partial charge in [0.2, 0.25) is 0 Å². The molecule has 1 fully saturated rings. The highest BCUT2D eigenvalue weighted by molar-refractivity contribution is 9.10. The number of halogens is 2. The van der Waals surface area contributed by atoms with Crippen molar-refractivity contribution in [3.05, 3.63) is 27.7 Å². The van der Waals surface area contributed by atoms with Crippen molar-refractivity contribution in [3.8, 4) is 5.75 Å². The molecule has 0 aliphatic carbocycles. The lowest BCUT2D eigenvalue weighted by Gasteiger charge is -2.30. The van der Waals surface area contributed by atoms with Crippen molar-refractivity contribution < 1.29 is 19.4 Å². The van der Waals surface area contributed by atoms with E-state index >= 15 is 0 Å². The number of likely N-dealkylation sites (tertiary alicyclic amines) is 1. The van der Waals surface area contributed by atoms with Gasteiger partial charge in [0.05, 0.1) is 10.4 Å². The molecule has 0 unspecified atom stereocenters. The fraction of sp³-hybridized carbons (Fsp3) is 0.429. The molecule has 1 heterocycles. The fourth-order valence-electron chi connectivity index (χ4n) is 2.23. The van der Waals surface area contributed by atoms with E-state index in [2.05, 4.69) is 15.9 Å². The van der Waals surface area contributed by atoms with Gasteiger partial charge in [-0.15, -0.1) is 0 Å². The van der Waals surface area contributed by atoms with Crippen molar-refractivity contribution in [1.82, 2.24) is 4.90 Å². The molecule has 0 saturated carbocycles. The van der Waals surface area contributed by atoms with Crippen molar-refractivity contribution in [1.29, 1.82) is 0 Å². The molecule has 7 heteroatoms. The number of carbonyl (C=O) groups is 2. The van der Waals surface area contributed by atoms with E-state index in [1.807, 2.05) is 0 Å². The van der Waals surface area contributed by atoms with Crippen LogP contribution in [0, 0.1) is 5.92 Å². The molecule has 2 rings (SSSR count). The Morgan fingerprint density at radius 2 is 2.24 bits per heavy atom. The minimum atomic E-state index is -0.853. The Morgan fingerprint density at radius 3 is 2.90 bits per heavy atom. The van der Waals surface area contributed by atoms with Crippen molar-refractivity contribution in [2.24, 2.45) is 5.92 Å². The zero-order valence-electron chi connectivity index (χ0n) is 11.2. The van der Waals surface area contributed by atoms with E-state index in [4.69, 9.17) is 21.4 Å². The third-order valence-electron chi connectivity index (χ3n) is 3.37. The molecule has 1 aromatic carbocycles. The smallest absolute Gasteiger partial charge is 0.308 e. The molecular weight excluding hydrogens is 362 g/mol. The fourth-order valence-corrected chi connectivity index (χ4v) is 3.03. The van der Waals surface area contributed by atoms with Crippen LogP contribution in [0.1, 0.15) is 12.8 Å². The van der Waals surface area contributed by atoms with Crippen LogP contribution >= 0.6 is 27.5 Å². The molecule has 1 atom stereocenters. The lowest BCUT2D eigenvalue weighted by molar-refractivity contribution is -0.146. The summed E-state index contributed by atoms with van der Waals surface area (Å²) in [4.78, 5) is 24.6. The standard InChI is InChI=1S/C14H15BrClNO4/c15-11-6-10(16)3-4-12(11)21-8-13(18)17-5-1-2-9(7-17)14(19)20/h3-4,6,9H,1-2,5,7-8H2,(H,19,20)/t9-/m1/s1. The van der Waals surface area contributed by atoms with Crippen LogP contribution < -0.4 is 4.74 Å². The maximum absolute atomic E-state index is 12.1. The third kappa shape index (κ3) is 4.35. The number of rotatable bonds is 4. The van der Waals surface area contributed by atoms with Crippen LogP contribution in [-0.2, 0) is 9.59 Å². The Labute approximate surface area is 136 Å². The second-order valence-corrected chi connectivity index (χ2v) is 6.17. The number of carboxylic acids is 1.